The van der Waals surface area contributed by atoms with Crippen molar-refractivity contribution in [2.45, 2.75) is 32.4 Å². The summed E-state index contributed by atoms with van der Waals surface area (Å²) < 4.78 is 13.5. The highest BCUT2D eigenvalue weighted by atomic mass is 32.1. The Morgan fingerprint density at radius 2 is 2.10 bits per heavy atom. The van der Waals surface area contributed by atoms with E-state index < -0.39 is 0 Å². The molecule has 1 aromatic carbocycles. The normalized spacial score (nSPS) is 13.5. The van der Waals surface area contributed by atoms with Gasteiger partial charge >= 0.3 is 6.03 Å². The summed E-state index contributed by atoms with van der Waals surface area (Å²) in [5.41, 5.74) is 0.596. The molecule has 2 N–H and O–H groups in total. The Hall–Kier alpha value is -1.95. The molecule has 6 heteroatoms. The Balaban J connectivity index is 1.83. The molecule has 4 nitrogen and oxygen atoms in total. The standard InChI is InChI=1S/C15H18FN3OS/c1-10(9-12-5-3-4-6-13(12)16)18-15(20)19-11(2)14-17-7-8-21-14/h3-8,10-11H,9H2,1-2H3,(H2,18,19,20). The molecule has 0 spiro atoms. The predicted molar refractivity (Wildman–Crippen MR) is 81.8 cm³/mol. The number of nitrogens with one attached hydrogen (secondary N) is 2. The lowest BCUT2D eigenvalue weighted by Crippen LogP contribution is -2.42. The maximum Gasteiger partial charge on any atom is 0.315 e. The van der Waals surface area contributed by atoms with Crippen LogP contribution in [0.3, 0.4) is 0 Å². The van der Waals surface area contributed by atoms with Gasteiger partial charge in [0.15, 0.2) is 0 Å². The zero-order valence-electron chi connectivity index (χ0n) is 12.0. The van der Waals surface area contributed by atoms with E-state index in [2.05, 4.69) is 15.6 Å². The van der Waals surface area contributed by atoms with E-state index in [9.17, 15) is 9.18 Å². The molecule has 2 aromatic rings. The van der Waals surface area contributed by atoms with Gasteiger partial charge in [0, 0.05) is 17.6 Å². The number of urea groups is 1. The number of aromatic nitrogens is 1. The van der Waals surface area contributed by atoms with Crippen LogP contribution in [-0.2, 0) is 6.42 Å². The number of halogens is 1. The van der Waals surface area contributed by atoms with E-state index in [1.807, 2.05) is 19.2 Å². The zero-order chi connectivity index (χ0) is 15.2. The maximum atomic E-state index is 13.5. The first kappa shape index (κ1) is 15.4. The molecule has 0 aliphatic heterocycles. The van der Waals surface area contributed by atoms with Crippen molar-refractivity contribution in [1.29, 1.82) is 0 Å². The van der Waals surface area contributed by atoms with E-state index in [4.69, 9.17) is 0 Å². The smallest absolute Gasteiger partial charge is 0.315 e. The van der Waals surface area contributed by atoms with Gasteiger partial charge in [-0.3, -0.25) is 0 Å². The van der Waals surface area contributed by atoms with E-state index >= 15 is 0 Å². The molecule has 0 radical (unpaired) electrons. The van der Waals surface area contributed by atoms with Gasteiger partial charge in [0.1, 0.15) is 10.8 Å². The first-order valence-electron chi connectivity index (χ1n) is 6.76. The summed E-state index contributed by atoms with van der Waals surface area (Å²) in [5, 5.41) is 8.35. The molecule has 2 atom stereocenters. The summed E-state index contributed by atoms with van der Waals surface area (Å²) in [7, 11) is 0. The van der Waals surface area contributed by atoms with E-state index in [1.165, 1.54) is 17.4 Å². The topological polar surface area (TPSA) is 54.0 Å². The van der Waals surface area contributed by atoms with Crippen molar-refractivity contribution in [3.8, 4) is 0 Å². The average molecular weight is 307 g/mol. The number of hydrogen-bond donors (Lipinski definition) is 2. The van der Waals surface area contributed by atoms with Crippen LogP contribution in [0.1, 0.15) is 30.5 Å². The molecule has 0 saturated heterocycles. The zero-order valence-corrected chi connectivity index (χ0v) is 12.8. The summed E-state index contributed by atoms with van der Waals surface area (Å²) in [6.07, 6.45) is 2.16. The molecule has 2 unspecified atom stereocenters. The van der Waals surface area contributed by atoms with Crippen LogP contribution in [0.2, 0.25) is 0 Å². The van der Waals surface area contributed by atoms with Gasteiger partial charge in [-0.2, -0.15) is 0 Å². The average Bonchev–Trinajstić information content (AvgIpc) is 2.95. The van der Waals surface area contributed by atoms with Crippen molar-refractivity contribution in [1.82, 2.24) is 15.6 Å². The summed E-state index contributed by atoms with van der Waals surface area (Å²) in [6, 6.07) is 6.00. The van der Waals surface area contributed by atoms with E-state index in [0.717, 1.165) is 5.01 Å². The molecule has 2 amide bonds. The molecule has 21 heavy (non-hydrogen) atoms. The van der Waals surface area contributed by atoms with Crippen molar-refractivity contribution in [3.05, 3.63) is 52.2 Å². The van der Waals surface area contributed by atoms with Crippen molar-refractivity contribution < 1.29 is 9.18 Å². The van der Waals surface area contributed by atoms with Gasteiger partial charge in [-0.1, -0.05) is 18.2 Å². The van der Waals surface area contributed by atoms with E-state index in [1.54, 1.807) is 24.4 Å². The second-order valence-electron chi connectivity index (χ2n) is 4.91. The van der Waals surface area contributed by atoms with Crippen molar-refractivity contribution in [3.63, 3.8) is 0 Å². The van der Waals surface area contributed by atoms with Gasteiger partial charge in [0.25, 0.3) is 0 Å². The quantitative estimate of drug-likeness (QED) is 0.890. The van der Waals surface area contributed by atoms with Gasteiger partial charge < -0.3 is 10.6 Å². The number of rotatable bonds is 5. The molecule has 0 aliphatic rings. The molecule has 0 fully saturated rings. The lowest BCUT2D eigenvalue weighted by Gasteiger charge is -2.17. The molecule has 2 rings (SSSR count). The highest BCUT2D eigenvalue weighted by Crippen LogP contribution is 2.14. The van der Waals surface area contributed by atoms with Gasteiger partial charge in [-0.25, -0.2) is 14.2 Å². The van der Waals surface area contributed by atoms with E-state index in [-0.39, 0.29) is 23.9 Å². The van der Waals surface area contributed by atoms with Crippen LogP contribution in [0.25, 0.3) is 0 Å². The first-order chi connectivity index (χ1) is 10.1. The number of benzene rings is 1. The minimum atomic E-state index is -0.276. The summed E-state index contributed by atoms with van der Waals surface area (Å²) >= 11 is 1.49. The second-order valence-corrected chi connectivity index (χ2v) is 5.83. The third-order valence-electron chi connectivity index (χ3n) is 3.03. The third kappa shape index (κ3) is 4.53. The minimum Gasteiger partial charge on any atom is -0.335 e. The first-order valence-corrected chi connectivity index (χ1v) is 7.64. The number of nitrogens with zero attached hydrogens (tertiary/aromatic N) is 1. The summed E-state index contributed by atoms with van der Waals surface area (Å²) in [4.78, 5) is 16.0. The second kappa shape index (κ2) is 7.17. The molecular formula is C15H18FN3OS. The molecule has 0 saturated carbocycles. The maximum absolute atomic E-state index is 13.5. The van der Waals surface area contributed by atoms with Crippen LogP contribution in [-0.4, -0.2) is 17.1 Å². The molecular weight excluding hydrogens is 289 g/mol. The Morgan fingerprint density at radius 1 is 1.33 bits per heavy atom. The number of hydrogen-bond acceptors (Lipinski definition) is 3. The molecule has 1 heterocycles. The number of carbonyl (C=O) groups excluding carboxylic acids is 1. The fraction of sp³-hybridized carbons (Fsp3) is 0.333. The Labute approximate surface area is 127 Å². The monoisotopic (exact) mass is 307 g/mol. The fourth-order valence-corrected chi connectivity index (χ4v) is 2.66. The van der Waals surface area contributed by atoms with Crippen molar-refractivity contribution >= 4 is 17.4 Å². The Morgan fingerprint density at radius 3 is 2.76 bits per heavy atom. The van der Waals surface area contributed by atoms with E-state index in [0.29, 0.717) is 12.0 Å². The number of amides is 2. The van der Waals surface area contributed by atoms with Crippen LogP contribution in [0.5, 0.6) is 0 Å². The van der Waals surface area contributed by atoms with Crippen LogP contribution < -0.4 is 10.6 Å². The van der Waals surface area contributed by atoms with Crippen LogP contribution in [0, 0.1) is 5.82 Å². The highest BCUT2D eigenvalue weighted by molar-refractivity contribution is 7.09. The summed E-state index contributed by atoms with van der Waals surface area (Å²) in [5.74, 6) is -0.247. The lowest BCUT2D eigenvalue weighted by molar-refractivity contribution is 0.234. The van der Waals surface area contributed by atoms with Crippen LogP contribution in [0.15, 0.2) is 35.8 Å². The van der Waals surface area contributed by atoms with Crippen molar-refractivity contribution in [2.24, 2.45) is 0 Å². The predicted octanol–water partition coefficient (Wildman–Crippen LogP) is 3.27. The molecule has 0 bridgehead atoms. The van der Waals surface area contributed by atoms with Crippen LogP contribution in [0.4, 0.5) is 9.18 Å². The lowest BCUT2D eigenvalue weighted by atomic mass is 10.1. The molecule has 112 valence electrons. The van der Waals surface area contributed by atoms with Gasteiger partial charge in [0.05, 0.1) is 6.04 Å². The van der Waals surface area contributed by atoms with Crippen LogP contribution >= 0.6 is 11.3 Å². The largest absolute Gasteiger partial charge is 0.335 e. The molecule has 0 aliphatic carbocycles. The van der Waals surface area contributed by atoms with Gasteiger partial charge in [0.2, 0.25) is 0 Å². The number of carbonyl (C=O) groups is 1. The Kier molecular flexibility index (Phi) is 5.27. The SMILES string of the molecule is CC(Cc1ccccc1F)NC(=O)NC(C)c1nccs1. The van der Waals surface area contributed by atoms with Crippen molar-refractivity contribution in [2.75, 3.05) is 0 Å². The Bertz CT molecular complexity index is 588. The number of thiazole rings is 1. The summed E-state index contributed by atoms with van der Waals surface area (Å²) in [6.45, 7) is 3.72. The third-order valence-corrected chi connectivity index (χ3v) is 3.99. The molecule has 1 aromatic heterocycles. The fourth-order valence-electron chi connectivity index (χ4n) is 2.02. The van der Waals surface area contributed by atoms with Gasteiger partial charge in [-0.05, 0) is 31.9 Å². The highest BCUT2D eigenvalue weighted by Gasteiger charge is 2.14. The van der Waals surface area contributed by atoms with Gasteiger partial charge in [-0.15, -0.1) is 11.3 Å². The minimum absolute atomic E-state index is 0.148.